The number of benzene rings is 2. The Balaban J connectivity index is 2.30. The summed E-state index contributed by atoms with van der Waals surface area (Å²) in [4.78, 5) is 0.275. The molecule has 0 fully saturated rings. The van der Waals surface area contributed by atoms with Gasteiger partial charge in [-0.05, 0) is 22.9 Å². The molecule has 0 radical (unpaired) electrons. The third-order valence-corrected chi connectivity index (χ3v) is 4.09. The van der Waals surface area contributed by atoms with Crippen LogP contribution < -0.4 is 4.72 Å². The predicted octanol–water partition coefficient (Wildman–Crippen LogP) is 1.76. The molecule has 0 bridgehead atoms. The maximum atomic E-state index is 12.0. The lowest BCUT2D eigenvalue weighted by Crippen LogP contribution is -2.27. The van der Waals surface area contributed by atoms with Crippen LogP contribution in [0.4, 0.5) is 0 Å². The van der Waals surface area contributed by atoms with Crippen molar-refractivity contribution in [2.75, 3.05) is 20.3 Å². The van der Waals surface area contributed by atoms with Crippen LogP contribution in [-0.2, 0) is 14.8 Å². The molecule has 0 unspecified atom stereocenters. The summed E-state index contributed by atoms with van der Waals surface area (Å²) in [7, 11) is -1.92. The fourth-order valence-electron chi connectivity index (χ4n) is 1.70. The van der Waals surface area contributed by atoms with Gasteiger partial charge in [-0.3, -0.25) is 0 Å². The van der Waals surface area contributed by atoms with E-state index in [9.17, 15) is 8.42 Å². The van der Waals surface area contributed by atoms with Gasteiger partial charge in [0.1, 0.15) is 0 Å². The van der Waals surface area contributed by atoms with E-state index in [1.807, 2.05) is 24.3 Å². The van der Waals surface area contributed by atoms with Gasteiger partial charge in [0.05, 0.1) is 11.5 Å². The van der Waals surface area contributed by atoms with Crippen LogP contribution in [0.25, 0.3) is 10.8 Å². The predicted molar refractivity (Wildman–Crippen MR) is 71.0 cm³/mol. The Morgan fingerprint density at radius 3 is 2.56 bits per heavy atom. The number of sulfonamides is 1. The molecule has 2 aromatic carbocycles. The first-order valence-electron chi connectivity index (χ1n) is 5.61. The largest absolute Gasteiger partial charge is 0.383 e. The third kappa shape index (κ3) is 2.87. The van der Waals surface area contributed by atoms with E-state index >= 15 is 0 Å². The summed E-state index contributed by atoms with van der Waals surface area (Å²) < 4.78 is 31.3. The fourth-order valence-corrected chi connectivity index (χ4v) is 2.74. The normalized spacial score (nSPS) is 11.8. The molecule has 96 valence electrons. The molecule has 0 aliphatic carbocycles. The van der Waals surface area contributed by atoms with Crippen molar-refractivity contribution in [1.29, 1.82) is 0 Å². The second-order valence-corrected chi connectivity index (χ2v) is 5.67. The third-order valence-electron chi connectivity index (χ3n) is 2.63. The molecule has 2 aromatic rings. The van der Waals surface area contributed by atoms with E-state index < -0.39 is 10.0 Å². The summed E-state index contributed by atoms with van der Waals surface area (Å²) in [6, 6.07) is 12.7. The zero-order valence-corrected chi connectivity index (χ0v) is 10.9. The lowest BCUT2D eigenvalue weighted by atomic mass is 10.1. The first kappa shape index (κ1) is 13.0. The van der Waals surface area contributed by atoms with Gasteiger partial charge in [0.25, 0.3) is 0 Å². The van der Waals surface area contributed by atoms with E-state index in [0.717, 1.165) is 10.8 Å². The molecule has 0 aromatic heterocycles. The van der Waals surface area contributed by atoms with Crippen molar-refractivity contribution >= 4 is 20.8 Å². The molecule has 5 heteroatoms. The number of hydrogen-bond donors (Lipinski definition) is 1. The molecule has 0 spiro atoms. The molecule has 0 atom stereocenters. The van der Waals surface area contributed by atoms with E-state index in [4.69, 9.17) is 4.74 Å². The minimum Gasteiger partial charge on any atom is -0.383 e. The van der Waals surface area contributed by atoms with E-state index in [1.54, 1.807) is 18.2 Å². The van der Waals surface area contributed by atoms with Crippen molar-refractivity contribution in [3.05, 3.63) is 42.5 Å². The Morgan fingerprint density at radius 2 is 1.83 bits per heavy atom. The van der Waals surface area contributed by atoms with Crippen LogP contribution in [0.5, 0.6) is 0 Å². The van der Waals surface area contributed by atoms with Crippen LogP contribution in [0.15, 0.2) is 47.4 Å². The zero-order valence-electron chi connectivity index (χ0n) is 10.1. The maximum Gasteiger partial charge on any atom is 0.240 e. The van der Waals surface area contributed by atoms with Crippen LogP contribution >= 0.6 is 0 Å². The van der Waals surface area contributed by atoms with Crippen molar-refractivity contribution in [1.82, 2.24) is 4.72 Å². The average Bonchev–Trinajstić information content (AvgIpc) is 2.38. The molecule has 0 heterocycles. The molecule has 0 aliphatic rings. The van der Waals surface area contributed by atoms with Gasteiger partial charge in [-0.15, -0.1) is 0 Å². The Kier molecular flexibility index (Phi) is 3.96. The summed E-state index contributed by atoms with van der Waals surface area (Å²) in [6.45, 7) is 0.623. The second kappa shape index (κ2) is 5.48. The summed E-state index contributed by atoms with van der Waals surface area (Å²) in [5, 5.41) is 1.93. The Hall–Kier alpha value is -1.43. The minimum atomic E-state index is -3.45. The number of methoxy groups -OCH3 is 1. The number of nitrogens with one attached hydrogen (secondary N) is 1. The molecule has 2 rings (SSSR count). The molecular weight excluding hydrogens is 250 g/mol. The molecule has 18 heavy (non-hydrogen) atoms. The minimum absolute atomic E-state index is 0.270. The van der Waals surface area contributed by atoms with Crippen LogP contribution in [0.2, 0.25) is 0 Å². The lowest BCUT2D eigenvalue weighted by molar-refractivity contribution is 0.204. The van der Waals surface area contributed by atoms with Crippen molar-refractivity contribution in [2.24, 2.45) is 0 Å². The lowest BCUT2D eigenvalue weighted by Gasteiger charge is -2.07. The van der Waals surface area contributed by atoms with Gasteiger partial charge in [-0.25, -0.2) is 13.1 Å². The highest BCUT2D eigenvalue weighted by Crippen LogP contribution is 2.18. The van der Waals surface area contributed by atoms with E-state index in [2.05, 4.69) is 4.72 Å². The first-order valence-corrected chi connectivity index (χ1v) is 7.09. The highest BCUT2D eigenvalue weighted by Gasteiger charge is 2.13. The van der Waals surface area contributed by atoms with E-state index in [0.29, 0.717) is 6.61 Å². The number of hydrogen-bond acceptors (Lipinski definition) is 3. The van der Waals surface area contributed by atoms with Gasteiger partial charge in [0, 0.05) is 13.7 Å². The van der Waals surface area contributed by atoms with Crippen molar-refractivity contribution < 1.29 is 13.2 Å². The van der Waals surface area contributed by atoms with E-state index in [1.165, 1.54) is 7.11 Å². The molecule has 0 saturated carbocycles. The van der Waals surface area contributed by atoms with Crippen LogP contribution in [0, 0.1) is 0 Å². The molecular formula is C13H15NO3S. The van der Waals surface area contributed by atoms with Gasteiger partial charge < -0.3 is 4.74 Å². The first-order chi connectivity index (χ1) is 8.63. The summed E-state index contributed by atoms with van der Waals surface area (Å²) in [5.41, 5.74) is 0. The average molecular weight is 265 g/mol. The zero-order chi connectivity index (χ0) is 13.0. The van der Waals surface area contributed by atoms with Crippen LogP contribution in [0.3, 0.4) is 0 Å². The number of rotatable bonds is 5. The van der Waals surface area contributed by atoms with Crippen molar-refractivity contribution in [2.45, 2.75) is 4.90 Å². The second-order valence-electron chi connectivity index (χ2n) is 3.90. The van der Waals surface area contributed by atoms with Gasteiger partial charge in [-0.1, -0.05) is 30.3 Å². The van der Waals surface area contributed by atoms with Crippen molar-refractivity contribution in [3.8, 4) is 0 Å². The number of ether oxygens (including phenoxy) is 1. The van der Waals surface area contributed by atoms with Crippen LogP contribution in [-0.4, -0.2) is 28.7 Å². The van der Waals surface area contributed by atoms with Crippen molar-refractivity contribution in [3.63, 3.8) is 0 Å². The summed E-state index contributed by atoms with van der Waals surface area (Å²) >= 11 is 0. The highest BCUT2D eigenvalue weighted by molar-refractivity contribution is 7.89. The van der Waals surface area contributed by atoms with Crippen LogP contribution in [0.1, 0.15) is 0 Å². The molecule has 0 saturated heterocycles. The molecule has 0 amide bonds. The Labute approximate surface area is 107 Å². The topological polar surface area (TPSA) is 55.4 Å². The smallest absolute Gasteiger partial charge is 0.240 e. The summed E-state index contributed by atoms with van der Waals surface area (Å²) in [6.07, 6.45) is 0. The molecule has 0 aliphatic heterocycles. The summed E-state index contributed by atoms with van der Waals surface area (Å²) in [5.74, 6) is 0. The SMILES string of the molecule is COCCNS(=O)(=O)c1ccc2ccccc2c1. The highest BCUT2D eigenvalue weighted by atomic mass is 32.2. The fraction of sp³-hybridized carbons (Fsp3) is 0.231. The van der Waals surface area contributed by atoms with Gasteiger partial charge >= 0.3 is 0 Å². The molecule has 4 nitrogen and oxygen atoms in total. The standard InChI is InChI=1S/C13H15NO3S/c1-17-9-8-14-18(15,16)13-7-6-11-4-2-3-5-12(11)10-13/h2-7,10,14H,8-9H2,1H3. The van der Waals surface area contributed by atoms with E-state index in [-0.39, 0.29) is 11.4 Å². The van der Waals surface area contributed by atoms with Gasteiger partial charge in [-0.2, -0.15) is 0 Å². The monoisotopic (exact) mass is 265 g/mol. The quantitative estimate of drug-likeness (QED) is 0.838. The maximum absolute atomic E-state index is 12.0. The van der Waals surface area contributed by atoms with Gasteiger partial charge in [0.2, 0.25) is 10.0 Å². The Bertz CT molecular complexity index is 637. The molecule has 1 N–H and O–H groups in total. The number of fused-ring (bicyclic) bond motifs is 1. The van der Waals surface area contributed by atoms with Gasteiger partial charge in [0.15, 0.2) is 0 Å². The Morgan fingerprint density at radius 1 is 1.11 bits per heavy atom.